The first-order chi connectivity index (χ1) is 21.3. The summed E-state index contributed by atoms with van der Waals surface area (Å²) in [7, 11) is 1.44. The minimum absolute atomic E-state index is 0.00835. The lowest BCUT2D eigenvalue weighted by atomic mass is 10.0. The molecule has 1 aliphatic rings. The predicted octanol–water partition coefficient (Wildman–Crippen LogP) is 5.68. The second-order valence-electron chi connectivity index (χ2n) is 12.0. The molecule has 0 spiro atoms. The first-order valence-corrected chi connectivity index (χ1v) is 14.9. The van der Waals surface area contributed by atoms with E-state index >= 15 is 0 Å². The number of phenolic OH excluding ortho intramolecular Hbond substituents is 1. The van der Waals surface area contributed by atoms with Gasteiger partial charge >= 0.3 is 5.97 Å². The monoisotopic (exact) mass is 617 g/mol. The fourth-order valence-electron chi connectivity index (χ4n) is 4.75. The van der Waals surface area contributed by atoms with E-state index in [2.05, 4.69) is 10.6 Å². The Morgan fingerprint density at radius 3 is 2.09 bits per heavy atom. The van der Waals surface area contributed by atoms with Gasteiger partial charge in [-0.05, 0) is 107 Å². The van der Waals surface area contributed by atoms with E-state index in [-0.39, 0.29) is 35.5 Å². The predicted molar refractivity (Wildman–Crippen MR) is 173 cm³/mol. The molecule has 240 valence electrons. The zero-order chi connectivity index (χ0) is 33.1. The summed E-state index contributed by atoms with van der Waals surface area (Å²) < 4.78 is 10.7. The number of carbonyl (C=O) groups excluding carboxylic acids is 4. The fourth-order valence-corrected chi connectivity index (χ4v) is 4.75. The van der Waals surface area contributed by atoms with Crippen molar-refractivity contribution in [2.24, 2.45) is 5.92 Å². The number of hydrogen-bond donors (Lipinski definition) is 4. The van der Waals surface area contributed by atoms with Gasteiger partial charge in [-0.3, -0.25) is 14.4 Å². The highest BCUT2D eigenvalue weighted by Crippen LogP contribution is 2.28. The number of aromatic hydroxyl groups is 1. The van der Waals surface area contributed by atoms with Crippen molar-refractivity contribution >= 4 is 34.9 Å². The van der Waals surface area contributed by atoms with Crippen molar-refractivity contribution in [1.29, 1.82) is 0 Å². The number of nitrogen functional groups attached to an aromatic ring is 1. The van der Waals surface area contributed by atoms with Crippen LogP contribution in [0.25, 0.3) is 0 Å². The van der Waals surface area contributed by atoms with E-state index in [0.29, 0.717) is 28.1 Å². The van der Waals surface area contributed by atoms with Crippen LogP contribution in [-0.4, -0.2) is 47.4 Å². The van der Waals surface area contributed by atoms with Gasteiger partial charge in [0.1, 0.15) is 11.6 Å². The van der Waals surface area contributed by atoms with Crippen molar-refractivity contribution in [3.05, 3.63) is 83.4 Å². The van der Waals surface area contributed by atoms with Gasteiger partial charge in [-0.2, -0.15) is 0 Å². The van der Waals surface area contributed by atoms with Gasteiger partial charge < -0.3 is 30.9 Å². The van der Waals surface area contributed by atoms with Crippen molar-refractivity contribution in [2.75, 3.05) is 18.2 Å². The van der Waals surface area contributed by atoms with Crippen LogP contribution in [0.1, 0.15) is 79.7 Å². The summed E-state index contributed by atoms with van der Waals surface area (Å²) in [5.74, 6) is -0.639. The van der Waals surface area contributed by atoms with Crippen LogP contribution in [-0.2, 0) is 20.7 Å². The number of methoxy groups -OCH3 is 1. The van der Waals surface area contributed by atoms with Crippen LogP contribution in [0.5, 0.6) is 11.5 Å². The Labute approximate surface area is 264 Å². The van der Waals surface area contributed by atoms with Crippen LogP contribution in [0.15, 0.2) is 66.7 Å². The lowest BCUT2D eigenvalue weighted by Crippen LogP contribution is -2.45. The van der Waals surface area contributed by atoms with E-state index in [1.54, 1.807) is 81.4 Å². The number of ketones is 1. The van der Waals surface area contributed by atoms with Crippen molar-refractivity contribution in [1.82, 2.24) is 5.32 Å². The highest BCUT2D eigenvalue weighted by molar-refractivity contribution is 5.98. The van der Waals surface area contributed by atoms with E-state index in [1.165, 1.54) is 20.1 Å². The van der Waals surface area contributed by atoms with E-state index in [9.17, 15) is 24.3 Å². The molecule has 5 N–H and O–H groups in total. The van der Waals surface area contributed by atoms with Crippen LogP contribution in [0.2, 0.25) is 0 Å². The fraction of sp³-hybridized carbons (Fsp3) is 0.371. The Hall–Kier alpha value is -4.86. The van der Waals surface area contributed by atoms with Crippen LogP contribution in [0.4, 0.5) is 11.4 Å². The average Bonchev–Trinajstić information content (AvgIpc) is 3.53. The molecule has 45 heavy (non-hydrogen) atoms. The van der Waals surface area contributed by atoms with Gasteiger partial charge in [-0.15, -0.1) is 0 Å². The number of amides is 2. The Morgan fingerprint density at radius 1 is 0.933 bits per heavy atom. The van der Waals surface area contributed by atoms with Crippen LogP contribution < -0.4 is 21.1 Å². The largest absolute Gasteiger partial charge is 0.504 e. The van der Waals surface area contributed by atoms with Crippen molar-refractivity contribution in [3.8, 4) is 11.5 Å². The molecule has 3 aromatic rings. The molecule has 1 unspecified atom stereocenters. The van der Waals surface area contributed by atoms with Crippen LogP contribution in [0.3, 0.4) is 0 Å². The third-order valence-electron chi connectivity index (χ3n) is 7.14. The summed E-state index contributed by atoms with van der Waals surface area (Å²) in [6.45, 7) is 6.80. The summed E-state index contributed by atoms with van der Waals surface area (Å²) >= 11 is 0. The molecule has 1 atom stereocenters. The highest BCUT2D eigenvalue weighted by Gasteiger charge is 2.28. The Bertz CT molecular complexity index is 1470. The van der Waals surface area contributed by atoms with Gasteiger partial charge in [0.05, 0.1) is 7.11 Å². The molecular formula is C35H43N3O7. The third-order valence-corrected chi connectivity index (χ3v) is 7.14. The summed E-state index contributed by atoms with van der Waals surface area (Å²) in [5.41, 5.74) is 7.73. The number of phenols is 1. The standard InChI is InChI=1S/C27H34N2O6.C8H9NO/c1-27(2,3)35-26(33)21(15-17-9-14-22(30)23(16-17)34-4)29-25(32)19-10-12-20(13-11-19)28-24(31)18-7-5-6-8-18;1-6(10)7-2-4-8(9)5-3-7/h9-14,16,18,21,30H,5-8,15H2,1-4H3,(H,28,31)(H,29,32);2-5H,9H2,1H3. The molecule has 2 amide bonds. The maximum atomic E-state index is 13.0. The molecule has 1 fully saturated rings. The normalized spacial score (nSPS) is 13.5. The Kier molecular flexibility index (Phi) is 12.1. The number of benzene rings is 3. The molecule has 0 bridgehead atoms. The summed E-state index contributed by atoms with van der Waals surface area (Å²) in [5, 5.41) is 15.5. The molecule has 0 saturated heterocycles. The maximum Gasteiger partial charge on any atom is 0.329 e. The Balaban J connectivity index is 0.000000468. The van der Waals surface area contributed by atoms with Crippen molar-refractivity contribution in [3.63, 3.8) is 0 Å². The van der Waals surface area contributed by atoms with E-state index < -0.39 is 23.5 Å². The number of carbonyl (C=O) groups is 4. The first kappa shape index (κ1) is 34.6. The molecular weight excluding hydrogens is 574 g/mol. The van der Waals surface area contributed by atoms with Gasteiger partial charge in [0.25, 0.3) is 5.91 Å². The Morgan fingerprint density at radius 2 is 1.53 bits per heavy atom. The van der Waals surface area contributed by atoms with Gasteiger partial charge in [-0.1, -0.05) is 18.9 Å². The molecule has 10 heteroatoms. The van der Waals surface area contributed by atoms with Gasteiger partial charge in [0.15, 0.2) is 17.3 Å². The van der Waals surface area contributed by atoms with Gasteiger partial charge in [0.2, 0.25) is 5.91 Å². The third kappa shape index (κ3) is 11.0. The smallest absolute Gasteiger partial charge is 0.329 e. The number of Topliss-reactive ketones (excluding diaryl/α,β-unsaturated/α-hetero) is 1. The van der Waals surface area contributed by atoms with Crippen molar-refractivity contribution < 1.29 is 33.8 Å². The maximum absolute atomic E-state index is 13.0. The second kappa shape index (κ2) is 15.7. The number of nitrogens with two attached hydrogens (primary N) is 1. The minimum Gasteiger partial charge on any atom is -0.504 e. The minimum atomic E-state index is -0.960. The van der Waals surface area contributed by atoms with Crippen LogP contribution >= 0.6 is 0 Å². The van der Waals surface area contributed by atoms with Gasteiger partial charge in [-0.25, -0.2) is 4.79 Å². The number of esters is 1. The highest BCUT2D eigenvalue weighted by atomic mass is 16.6. The second-order valence-corrected chi connectivity index (χ2v) is 12.0. The molecule has 0 aromatic heterocycles. The topological polar surface area (TPSA) is 157 Å². The van der Waals surface area contributed by atoms with E-state index in [1.807, 2.05) is 0 Å². The number of ether oxygens (including phenoxy) is 2. The number of rotatable bonds is 9. The molecule has 0 heterocycles. The van der Waals surface area contributed by atoms with E-state index in [0.717, 1.165) is 25.7 Å². The summed E-state index contributed by atoms with van der Waals surface area (Å²) in [6, 6.07) is 17.2. The zero-order valence-electron chi connectivity index (χ0n) is 26.5. The SMILES string of the molecule is CC(=O)c1ccc(N)cc1.COc1cc(CC(NC(=O)c2ccc(NC(=O)C3CCCC3)cc2)C(=O)OC(C)(C)C)ccc1O. The number of nitrogens with one attached hydrogen (secondary N) is 2. The van der Waals surface area contributed by atoms with Crippen molar-refractivity contribution in [2.45, 2.75) is 71.4 Å². The number of anilines is 2. The molecule has 10 nitrogen and oxygen atoms in total. The quantitative estimate of drug-likeness (QED) is 0.136. The lowest BCUT2D eigenvalue weighted by Gasteiger charge is -2.25. The molecule has 4 rings (SSSR count). The molecule has 3 aromatic carbocycles. The first-order valence-electron chi connectivity index (χ1n) is 14.9. The van der Waals surface area contributed by atoms with E-state index in [4.69, 9.17) is 15.2 Å². The molecule has 0 radical (unpaired) electrons. The average molecular weight is 618 g/mol. The number of hydrogen-bond acceptors (Lipinski definition) is 8. The molecule has 1 aliphatic carbocycles. The summed E-state index contributed by atoms with van der Waals surface area (Å²) in [4.78, 5) is 48.9. The zero-order valence-corrected chi connectivity index (χ0v) is 26.5. The van der Waals surface area contributed by atoms with Gasteiger partial charge in [0, 0.05) is 34.8 Å². The summed E-state index contributed by atoms with van der Waals surface area (Å²) in [6.07, 6.45) is 4.11. The lowest BCUT2D eigenvalue weighted by molar-refractivity contribution is -0.157. The van der Waals surface area contributed by atoms with Crippen LogP contribution in [0, 0.1) is 5.92 Å². The molecule has 1 saturated carbocycles. The molecule has 0 aliphatic heterocycles.